The number of nitrogens with one attached hydrogen (secondary N) is 1. The van der Waals surface area contributed by atoms with E-state index in [4.69, 9.17) is 18.4 Å². The Morgan fingerprint density at radius 3 is 2.00 bits per heavy atom. The van der Waals surface area contributed by atoms with Gasteiger partial charge in [0.1, 0.15) is 12.4 Å². The lowest BCUT2D eigenvalue weighted by atomic mass is 10.2. The molecule has 0 atom stereocenters. The summed E-state index contributed by atoms with van der Waals surface area (Å²) < 4.78 is 45.2. The number of benzene rings is 2. The van der Waals surface area contributed by atoms with E-state index < -0.39 is 10.1 Å². The summed E-state index contributed by atoms with van der Waals surface area (Å²) in [7, 11) is -3.77. The van der Waals surface area contributed by atoms with Gasteiger partial charge in [0.25, 0.3) is 10.1 Å². The molecule has 0 radical (unpaired) electrons. The van der Waals surface area contributed by atoms with Gasteiger partial charge < -0.3 is 19.5 Å². The second-order valence-electron chi connectivity index (χ2n) is 6.37. The molecule has 0 aliphatic heterocycles. The second kappa shape index (κ2) is 12.3. The minimum atomic E-state index is -3.77. The molecule has 9 heteroatoms. The number of rotatable bonds is 13. The van der Waals surface area contributed by atoms with Gasteiger partial charge in [-0.1, -0.05) is 17.7 Å². The molecule has 2 aromatic rings. The van der Waals surface area contributed by atoms with Gasteiger partial charge in [0, 0.05) is 12.6 Å². The molecule has 2 rings (SSSR count). The van der Waals surface area contributed by atoms with Crippen molar-refractivity contribution >= 4 is 21.7 Å². The molecule has 2 aromatic carbocycles. The zero-order chi connectivity index (χ0) is 21.8. The predicted molar refractivity (Wildman–Crippen MR) is 112 cm³/mol. The molecular formula is C21H27NO7S. The van der Waals surface area contributed by atoms with Crippen molar-refractivity contribution in [2.75, 3.05) is 45.0 Å². The third kappa shape index (κ3) is 8.91. The zero-order valence-corrected chi connectivity index (χ0v) is 17.9. The molecule has 0 heterocycles. The molecule has 0 bridgehead atoms. The van der Waals surface area contributed by atoms with Crippen LogP contribution in [0.4, 0.5) is 5.69 Å². The molecule has 0 saturated heterocycles. The summed E-state index contributed by atoms with van der Waals surface area (Å²) >= 11 is 0. The van der Waals surface area contributed by atoms with Gasteiger partial charge in [-0.25, -0.2) is 0 Å². The molecule has 30 heavy (non-hydrogen) atoms. The van der Waals surface area contributed by atoms with E-state index >= 15 is 0 Å². The number of carbonyl (C=O) groups is 1. The highest BCUT2D eigenvalue weighted by Gasteiger charge is 2.14. The van der Waals surface area contributed by atoms with E-state index in [2.05, 4.69) is 5.32 Å². The van der Waals surface area contributed by atoms with Crippen molar-refractivity contribution in [1.82, 2.24) is 0 Å². The third-order valence-electron chi connectivity index (χ3n) is 3.82. The van der Waals surface area contributed by atoms with Gasteiger partial charge in [-0.05, 0) is 43.3 Å². The van der Waals surface area contributed by atoms with Crippen LogP contribution in [0.5, 0.6) is 5.75 Å². The normalized spacial score (nSPS) is 11.3. The molecule has 1 amide bonds. The molecule has 0 aromatic heterocycles. The van der Waals surface area contributed by atoms with Gasteiger partial charge in [0.2, 0.25) is 5.91 Å². The molecule has 0 aliphatic rings. The quantitative estimate of drug-likeness (QED) is 0.380. The first-order valence-corrected chi connectivity index (χ1v) is 10.9. The van der Waals surface area contributed by atoms with Crippen molar-refractivity contribution in [3.63, 3.8) is 0 Å². The minimum Gasteiger partial charge on any atom is -0.491 e. The lowest BCUT2D eigenvalue weighted by molar-refractivity contribution is -0.114. The second-order valence-corrected chi connectivity index (χ2v) is 7.98. The Kier molecular flexibility index (Phi) is 9.75. The van der Waals surface area contributed by atoms with E-state index in [1.165, 1.54) is 19.1 Å². The first-order chi connectivity index (χ1) is 14.4. The van der Waals surface area contributed by atoms with Crippen LogP contribution in [0.25, 0.3) is 0 Å². The van der Waals surface area contributed by atoms with Crippen LogP contribution >= 0.6 is 0 Å². The lowest BCUT2D eigenvalue weighted by Gasteiger charge is -2.09. The Balaban J connectivity index is 1.49. The molecule has 8 nitrogen and oxygen atoms in total. The smallest absolute Gasteiger partial charge is 0.297 e. The fourth-order valence-corrected chi connectivity index (χ4v) is 3.25. The van der Waals surface area contributed by atoms with Crippen LogP contribution in [-0.2, 0) is 28.6 Å². The first-order valence-electron chi connectivity index (χ1n) is 9.49. The van der Waals surface area contributed by atoms with Gasteiger partial charge in [-0.2, -0.15) is 8.42 Å². The summed E-state index contributed by atoms with van der Waals surface area (Å²) in [6.45, 7) is 4.85. The van der Waals surface area contributed by atoms with Crippen molar-refractivity contribution in [3.8, 4) is 5.75 Å². The van der Waals surface area contributed by atoms with E-state index in [0.717, 1.165) is 5.56 Å². The van der Waals surface area contributed by atoms with Crippen LogP contribution in [0, 0.1) is 6.92 Å². The SMILES string of the molecule is CC(=O)Nc1ccc(OCCOCCOCCOS(=O)(=O)c2ccc(C)cc2)cc1. The Labute approximate surface area is 177 Å². The average molecular weight is 438 g/mol. The molecule has 0 saturated carbocycles. The molecule has 164 valence electrons. The largest absolute Gasteiger partial charge is 0.491 e. The summed E-state index contributed by atoms with van der Waals surface area (Å²) in [5.74, 6) is 0.551. The van der Waals surface area contributed by atoms with Gasteiger partial charge >= 0.3 is 0 Å². The van der Waals surface area contributed by atoms with Gasteiger partial charge in [0.15, 0.2) is 0 Å². The van der Waals surface area contributed by atoms with Crippen LogP contribution in [0.1, 0.15) is 12.5 Å². The highest BCUT2D eigenvalue weighted by atomic mass is 32.2. The first kappa shape index (κ1) is 23.8. The summed E-state index contributed by atoms with van der Waals surface area (Å²) in [5.41, 5.74) is 1.68. The minimum absolute atomic E-state index is 0.0617. The molecule has 0 aliphatic carbocycles. The number of hydrogen-bond donors (Lipinski definition) is 1. The highest BCUT2D eigenvalue weighted by molar-refractivity contribution is 7.86. The molecule has 0 unspecified atom stereocenters. The van der Waals surface area contributed by atoms with Crippen molar-refractivity contribution < 1.29 is 31.6 Å². The van der Waals surface area contributed by atoms with E-state index in [9.17, 15) is 13.2 Å². The molecule has 0 spiro atoms. The Morgan fingerprint density at radius 1 is 0.833 bits per heavy atom. The number of hydrogen-bond acceptors (Lipinski definition) is 7. The van der Waals surface area contributed by atoms with Gasteiger partial charge in [-0.3, -0.25) is 8.98 Å². The van der Waals surface area contributed by atoms with Crippen LogP contribution in [0.3, 0.4) is 0 Å². The average Bonchev–Trinajstić information content (AvgIpc) is 2.70. The third-order valence-corrected chi connectivity index (χ3v) is 5.15. The van der Waals surface area contributed by atoms with E-state index in [1.807, 2.05) is 6.92 Å². The predicted octanol–water partition coefficient (Wildman–Crippen LogP) is 2.77. The number of ether oxygens (including phenoxy) is 3. The van der Waals surface area contributed by atoms with Gasteiger partial charge in [0.05, 0.1) is 37.9 Å². The lowest BCUT2D eigenvalue weighted by Crippen LogP contribution is -2.14. The fourth-order valence-electron chi connectivity index (χ4n) is 2.35. The van der Waals surface area contributed by atoms with Crippen LogP contribution in [0.2, 0.25) is 0 Å². The zero-order valence-electron chi connectivity index (χ0n) is 17.1. The number of amides is 1. The van der Waals surface area contributed by atoms with Crippen LogP contribution < -0.4 is 10.1 Å². The topological polar surface area (TPSA) is 100 Å². The standard InChI is InChI=1S/C21H27NO7S/c1-17-3-9-21(10-4-17)30(24,25)29-16-14-27-12-11-26-13-15-28-20-7-5-19(6-8-20)22-18(2)23/h3-10H,11-16H2,1-2H3,(H,22,23). The monoisotopic (exact) mass is 437 g/mol. The Hall–Kier alpha value is -2.46. The maximum atomic E-state index is 12.0. The number of anilines is 1. The van der Waals surface area contributed by atoms with Crippen LogP contribution in [-0.4, -0.2) is 54.0 Å². The maximum absolute atomic E-state index is 12.0. The van der Waals surface area contributed by atoms with Gasteiger partial charge in [-0.15, -0.1) is 0 Å². The Bertz CT molecular complexity index is 881. The van der Waals surface area contributed by atoms with Crippen molar-refractivity contribution in [1.29, 1.82) is 0 Å². The van der Waals surface area contributed by atoms with E-state index in [0.29, 0.717) is 37.9 Å². The van der Waals surface area contributed by atoms with Crippen LogP contribution in [0.15, 0.2) is 53.4 Å². The number of aryl methyl sites for hydroxylation is 1. The summed E-state index contributed by atoms with van der Waals surface area (Å²) in [6.07, 6.45) is 0. The van der Waals surface area contributed by atoms with E-state index in [-0.39, 0.29) is 24.0 Å². The Morgan fingerprint density at radius 2 is 1.40 bits per heavy atom. The summed E-state index contributed by atoms with van der Waals surface area (Å²) in [5, 5.41) is 2.68. The molecule has 0 fully saturated rings. The number of carbonyl (C=O) groups excluding carboxylic acids is 1. The summed E-state index contributed by atoms with van der Waals surface area (Å²) in [6, 6.07) is 13.5. The molecular weight excluding hydrogens is 410 g/mol. The highest BCUT2D eigenvalue weighted by Crippen LogP contribution is 2.15. The fraction of sp³-hybridized carbons (Fsp3) is 0.381. The molecule has 1 N–H and O–H groups in total. The maximum Gasteiger partial charge on any atom is 0.297 e. The van der Waals surface area contributed by atoms with Crippen molar-refractivity contribution in [2.45, 2.75) is 18.7 Å². The van der Waals surface area contributed by atoms with Crippen molar-refractivity contribution in [3.05, 3.63) is 54.1 Å². The summed E-state index contributed by atoms with van der Waals surface area (Å²) in [4.78, 5) is 11.1. The van der Waals surface area contributed by atoms with Crippen molar-refractivity contribution in [2.24, 2.45) is 0 Å². The van der Waals surface area contributed by atoms with E-state index in [1.54, 1.807) is 36.4 Å².